The minimum absolute atomic E-state index is 0.0965. The van der Waals surface area contributed by atoms with E-state index in [2.05, 4.69) is 10.6 Å². The van der Waals surface area contributed by atoms with Gasteiger partial charge >= 0.3 is 0 Å². The maximum Gasteiger partial charge on any atom is 0.221 e. The average Bonchev–Trinajstić information content (AvgIpc) is 3.19. The average molecular weight is 248 g/mol. The van der Waals surface area contributed by atoms with Crippen LogP contribution in [0.2, 0.25) is 0 Å². The van der Waals surface area contributed by atoms with Crippen molar-refractivity contribution in [3.05, 3.63) is 35.9 Å². The normalized spacial score (nSPS) is 16.3. The molecule has 0 spiro atoms. The van der Waals surface area contributed by atoms with Crippen LogP contribution >= 0.6 is 0 Å². The van der Waals surface area contributed by atoms with Crippen molar-refractivity contribution in [2.24, 2.45) is 0 Å². The van der Waals surface area contributed by atoms with E-state index in [9.17, 15) is 9.90 Å². The molecule has 0 bridgehead atoms. The van der Waals surface area contributed by atoms with Crippen molar-refractivity contribution >= 4 is 5.91 Å². The lowest BCUT2D eigenvalue weighted by molar-refractivity contribution is -0.121. The van der Waals surface area contributed by atoms with E-state index in [1.807, 2.05) is 30.3 Å². The number of nitrogens with one attached hydrogen (secondary N) is 2. The standard InChI is InChI=1S/C14H20N2O2/c17-13(11-4-2-1-3-5-11)10-15-9-8-14(18)16-12-6-7-12/h1-5,12-13,15,17H,6-10H2,(H,16,18). The lowest BCUT2D eigenvalue weighted by Crippen LogP contribution is -2.30. The first-order chi connectivity index (χ1) is 8.75. The highest BCUT2D eigenvalue weighted by atomic mass is 16.3. The maximum absolute atomic E-state index is 11.4. The molecule has 1 aromatic rings. The van der Waals surface area contributed by atoms with E-state index in [1.165, 1.54) is 0 Å². The maximum atomic E-state index is 11.4. The third-order valence-corrected chi connectivity index (χ3v) is 2.99. The minimum atomic E-state index is -0.516. The molecular weight excluding hydrogens is 228 g/mol. The fraction of sp³-hybridized carbons (Fsp3) is 0.500. The van der Waals surface area contributed by atoms with Gasteiger partial charge < -0.3 is 15.7 Å². The van der Waals surface area contributed by atoms with Crippen molar-refractivity contribution in [2.45, 2.75) is 31.4 Å². The number of carbonyl (C=O) groups is 1. The summed E-state index contributed by atoms with van der Waals surface area (Å²) < 4.78 is 0. The van der Waals surface area contributed by atoms with Crippen LogP contribution in [0.25, 0.3) is 0 Å². The van der Waals surface area contributed by atoms with Gasteiger partial charge in [-0.25, -0.2) is 0 Å². The van der Waals surface area contributed by atoms with Crippen LogP contribution in [0.1, 0.15) is 30.9 Å². The molecule has 1 aliphatic rings. The largest absolute Gasteiger partial charge is 0.387 e. The molecule has 4 nitrogen and oxygen atoms in total. The molecule has 1 atom stereocenters. The highest BCUT2D eigenvalue weighted by Gasteiger charge is 2.22. The summed E-state index contributed by atoms with van der Waals surface area (Å²) in [6, 6.07) is 9.94. The van der Waals surface area contributed by atoms with Crippen LogP contribution in [0.15, 0.2) is 30.3 Å². The first kappa shape index (κ1) is 13.1. The topological polar surface area (TPSA) is 61.4 Å². The molecule has 0 heterocycles. The summed E-state index contributed by atoms with van der Waals surface area (Å²) in [5, 5.41) is 15.9. The Balaban J connectivity index is 1.58. The summed E-state index contributed by atoms with van der Waals surface area (Å²) in [6.45, 7) is 1.07. The highest BCUT2D eigenvalue weighted by Crippen LogP contribution is 2.18. The zero-order valence-corrected chi connectivity index (χ0v) is 10.4. The van der Waals surface area contributed by atoms with Gasteiger partial charge in [-0.05, 0) is 18.4 Å². The van der Waals surface area contributed by atoms with Gasteiger partial charge in [-0.15, -0.1) is 0 Å². The van der Waals surface area contributed by atoms with Gasteiger partial charge in [0.15, 0.2) is 0 Å². The van der Waals surface area contributed by atoms with Crippen molar-refractivity contribution in [1.82, 2.24) is 10.6 Å². The summed E-state index contributed by atoms with van der Waals surface area (Å²) in [6.07, 6.45) is 2.19. The molecule has 0 saturated heterocycles. The van der Waals surface area contributed by atoms with Gasteiger partial charge in [0.2, 0.25) is 5.91 Å². The van der Waals surface area contributed by atoms with E-state index >= 15 is 0 Å². The molecule has 18 heavy (non-hydrogen) atoms. The van der Waals surface area contributed by atoms with Crippen molar-refractivity contribution in [2.75, 3.05) is 13.1 Å². The second-order valence-corrected chi connectivity index (χ2v) is 4.72. The fourth-order valence-electron chi connectivity index (χ4n) is 1.76. The Bertz CT molecular complexity index is 377. The first-order valence-electron chi connectivity index (χ1n) is 6.49. The highest BCUT2D eigenvalue weighted by molar-refractivity contribution is 5.76. The molecule has 3 N–H and O–H groups in total. The van der Waals surface area contributed by atoms with Crippen molar-refractivity contribution in [3.8, 4) is 0 Å². The van der Waals surface area contributed by atoms with Crippen molar-refractivity contribution in [3.63, 3.8) is 0 Å². The molecule has 1 saturated carbocycles. The van der Waals surface area contributed by atoms with Crippen LogP contribution in [0.4, 0.5) is 0 Å². The van der Waals surface area contributed by atoms with Gasteiger partial charge in [0.25, 0.3) is 0 Å². The Hall–Kier alpha value is -1.39. The fourth-order valence-corrected chi connectivity index (χ4v) is 1.76. The van der Waals surface area contributed by atoms with Gasteiger partial charge in [-0.2, -0.15) is 0 Å². The predicted molar refractivity (Wildman–Crippen MR) is 70.1 cm³/mol. The summed E-state index contributed by atoms with van der Waals surface area (Å²) in [5.74, 6) is 0.0965. The van der Waals surface area contributed by atoms with Crippen LogP contribution < -0.4 is 10.6 Å². The van der Waals surface area contributed by atoms with Gasteiger partial charge in [-0.1, -0.05) is 30.3 Å². The Kier molecular flexibility index (Phi) is 4.73. The number of carbonyl (C=O) groups excluding carboxylic acids is 1. The smallest absolute Gasteiger partial charge is 0.221 e. The Morgan fingerprint density at radius 3 is 2.72 bits per heavy atom. The SMILES string of the molecule is O=C(CCNCC(O)c1ccccc1)NC1CC1. The third kappa shape index (κ3) is 4.47. The zero-order valence-electron chi connectivity index (χ0n) is 10.4. The van der Waals surface area contributed by atoms with Crippen molar-refractivity contribution in [1.29, 1.82) is 0 Å². The minimum Gasteiger partial charge on any atom is -0.387 e. The number of aliphatic hydroxyl groups excluding tert-OH is 1. The van der Waals surface area contributed by atoms with E-state index in [1.54, 1.807) is 0 Å². The molecule has 1 unspecified atom stereocenters. The van der Waals surface area contributed by atoms with Crippen LogP contribution in [0.5, 0.6) is 0 Å². The Morgan fingerprint density at radius 2 is 2.06 bits per heavy atom. The van der Waals surface area contributed by atoms with E-state index < -0.39 is 6.10 Å². The lowest BCUT2D eigenvalue weighted by Gasteiger charge is -2.12. The molecular formula is C14H20N2O2. The van der Waals surface area contributed by atoms with E-state index in [0.29, 0.717) is 25.6 Å². The molecule has 1 amide bonds. The molecule has 1 aromatic carbocycles. The monoisotopic (exact) mass is 248 g/mol. The predicted octanol–water partition coefficient (Wildman–Crippen LogP) is 0.978. The molecule has 1 aliphatic carbocycles. The van der Waals surface area contributed by atoms with Crippen molar-refractivity contribution < 1.29 is 9.90 Å². The van der Waals surface area contributed by atoms with Crippen LogP contribution in [-0.2, 0) is 4.79 Å². The summed E-state index contributed by atoms with van der Waals surface area (Å²) >= 11 is 0. The molecule has 0 radical (unpaired) electrons. The van der Waals surface area contributed by atoms with Crippen LogP contribution in [0, 0.1) is 0 Å². The molecule has 0 aromatic heterocycles. The molecule has 2 rings (SSSR count). The lowest BCUT2D eigenvalue weighted by atomic mass is 10.1. The Labute approximate surface area is 107 Å². The molecule has 4 heteroatoms. The zero-order chi connectivity index (χ0) is 12.8. The number of amides is 1. The number of benzene rings is 1. The summed E-state index contributed by atoms with van der Waals surface area (Å²) in [4.78, 5) is 11.4. The van der Waals surface area contributed by atoms with Gasteiger partial charge in [0, 0.05) is 25.6 Å². The second-order valence-electron chi connectivity index (χ2n) is 4.72. The molecule has 1 fully saturated rings. The van der Waals surface area contributed by atoms with E-state index in [4.69, 9.17) is 0 Å². The van der Waals surface area contributed by atoms with E-state index in [-0.39, 0.29) is 5.91 Å². The summed E-state index contributed by atoms with van der Waals surface area (Å²) in [5.41, 5.74) is 0.896. The summed E-state index contributed by atoms with van der Waals surface area (Å²) in [7, 11) is 0. The number of hydrogen-bond acceptors (Lipinski definition) is 3. The van der Waals surface area contributed by atoms with E-state index in [0.717, 1.165) is 18.4 Å². The number of aliphatic hydroxyl groups is 1. The quantitative estimate of drug-likeness (QED) is 0.630. The van der Waals surface area contributed by atoms with Gasteiger partial charge in [-0.3, -0.25) is 4.79 Å². The van der Waals surface area contributed by atoms with Gasteiger partial charge in [0.05, 0.1) is 6.10 Å². The number of hydrogen-bond donors (Lipinski definition) is 3. The number of rotatable bonds is 7. The second kappa shape index (κ2) is 6.52. The Morgan fingerprint density at radius 1 is 1.33 bits per heavy atom. The van der Waals surface area contributed by atoms with Crippen LogP contribution in [-0.4, -0.2) is 30.1 Å². The van der Waals surface area contributed by atoms with Crippen LogP contribution in [0.3, 0.4) is 0 Å². The third-order valence-electron chi connectivity index (χ3n) is 2.99. The molecule has 0 aliphatic heterocycles. The first-order valence-corrected chi connectivity index (χ1v) is 6.49. The molecule has 98 valence electrons. The van der Waals surface area contributed by atoms with Gasteiger partial charge in [0.1, 0.15) is 0 Å².